The monoisotopic (exact) mass is 327 g/mol. The van der Waals surface area contributed by atoms with Crippen LogP contribution in [0.1, 0.15) is 22.8 Å². The molecule has 6 heteroatoms. The van der Waals surface area contributed by atoms with Gasteiger partial charge in [0.2, 0.25) is 0 Å². The van der Waals surface area contributed by atoms with Crippen LogP contribution >= 0.6 is 11.6 Å². The molecule has 1 heterocycles. The molecule has 0 saturated carbocycles. The van der Waals surface area contributed by atoms with Crippen LogP contribution in [-0.4, -0.2) is 21.7 Å². The fraction of sp³-hybridized carbons (Fsp3) is 0.0588. The predicted octanol–water partition coefficient (Wildman–Crippen LogP) is 3.68. The van der Waals surface area contributed by atoms with Crippen LogP contribution in [0.25, 0.3) is 10.9 Å². The standard InChI is InChI=1S/C17H14ClN3O2/c1-10(15-9-19-16-6-5-12(18)8-14(15)16)20-21-17(23)11-3-2-4-13(22)7-11/h2-9,19,22H,1H3,(H,21,23). The topological polar surface area (TPSA) is 77.5 Å². The average Bonchev–Trinajstić information content (AvgIpc) is 2.95. The smallest absolute Gasteiger partial charge is 0.271 e. The molecule has 0 bridgehead atoms. The Morgan fingerprint density at radius 1 is 1.26 bits per heavy atom. The molecule has 0 unspecified atom stereocenters. The van der Waals surface area contributed by atoms with Crippen LogP contribution in [0.4, 0.5) is 0 Å². The van der Waals surface area contributed by atoms with E-state index in [-0.39, 0.29) is 5.75 Å². The van der Waals surface area contributed by atoms with Crippen LogP contribution < -0.4 is 5.43 Å². The maximum Gasteiger partial charge on any atom is 0.271 e. The molecule has 3 rings (SSSR count). The molecule has 116 valence electrons. The minimum absolute atomic E-state index is 0.0321. The van der Waals surface area contributed by atoms with Gasteiger partial charge in [-0.15, -0.1) is 0 Å². The van der Waals surface area contributed by atoms with Gasteiger partial charge in [-0.3, -0.25) is 4.79 Å². The molecule has 0 saturated heterocycles. The highest BCUT2D eigenvalue weighted by Gasteiger charge is 2.09. The van der Waals surface area contributed by atoms with Crippen molar-refractivity contribution in [2.24, 2.45) is 5.10 Å². The quantitative estimate of drug-likeness (QED) is 0.507. The van der Waals surface area contributed by atoms with E-state index in [4.69, 9.17) is 11.6 Å². The number of hydrogen-bond donors (Lipinski definition) is 3. The summed E-state index contributed by atoms with van der Waals surface area (Å²) in [5.41, 5.74) is 5.27. The number of nitrogens with zero attached hydrogens (tertiary/aromatic N) is 1. The maximum absolute atomic E-state index is 12.0. The van der Waals surface area contributed by atoms with E-state index in [0.717, 1.165) is 16.5 Å². The van der Waals surface area contributed by atoms with Gasteiger partial charge in [0.15, 0.2) is 0 Å². The Morgan fingerprint density at radius 3 is 2.87 bits per heavy atom. The maximum atomic E-state index is 12.0. The second kappa shape index (κ2) is 6.14. The first-order chi connectivity index (χ1) is 11.0. The van der Waals surface area contributed by atoms with Crippen molar-refractivity contribution in [2.75, 3.05) is 0 Å². The summed E-state index contributed by atoms with van der Waals surface area (Å²) < 4.78 is 0. The lowest BCUT2D eigenvalue weighted by Crippen LogP contribution is -2.19. The van der Waals surface area contributed by atoms with Gasteiger partial charge in [0.05, 0.1) is 5.71 Å². The number of aromatic nitrogens is 1. The van der Waals surface area contributed by atoms with E-state index in [1.807, 2.05) is 18.3 Å². The minimum Gasteiger partial charge on any atom is -0.508 e. The van der Waals surface area contributed by atoms with Gasteiger partial charge in [0, 0.05) is 33.2 Å². The number of aromatic hydroxyl groups is 1. The van der Waals surface area contributed by atoms with Crippen molar-refractivity contribution in [1.29, 1.82) is 0 Å². The van der Waals surface area contributed by atoms with E-state index in [9.17, 15) is 9.90 Å². The highest BCUT2D eigenvalue weighted by Crippen LogP contribution is 2.22. The fourth-order valence-electron chi connectivity index (χ4n) is 2.30. The molecule has 0 radical (unpaired) electrons. The summed E-state index contributed by atoms with van der Waals surface area (Å²) in [6, 6.07) is 11.6. The number of carbonyl (C=O) groups excluding carboxylic acids is 1. The molecule has 3 aromatic rings. The summed E-state index contributed by atoms with van der Waals surface area (Å²) in [7, 11) is 0. The summed E-state index contributed by atoms with van der Waals surface area (Å²) in [6.45, 7) is 1.80. The Bertz CT molecular complexity index is 915. The van der Waals surface area contributed by atoms with Crippen LogP contribution in [-0.2, 0) is 0 Å². The van der Waals surface area contributed by atoms with E-state index >= 15 is 0 Å². The molecule has 0 fully saturated rings. The zero-order valence-electron chi connectivity index (χ0n) is 12.3. The second-order valence-corrected chi connectivity index (χ2v) is 5.52. The third-order valence-electron chi connectivity index (χ3n) is 3.47. The number of benzene rings is 2. The Hall–Kier alpha value is -2.79. The third kappa shape index (κ3) is 3.19. The molecule has 23 heavy (non-hydrogen) atoms. The lowest BCUT2D eigenvalue weighted by Gasteiger charge is -2.03. The van der Waals surface area contributed by atoms with Crippen LogP contribution in [0, 0.1) is 0 Å². The molecular weight excluding hydrogens is 314 g/mol. The van der Waals surface area contributed by atoms with Crippen LogP contribution in [0.15, 0.2) is 53.8 Å². The first kappa shape index (κ1) is 15.1. The van der Waals surface area contributed by atoms with Crippen molar-refractivity contribution >= 4 is 34.1 Å². The SMILES string of the molecule is CC(=NNC(=O)c1cccc(O)c1)c1c[nH]c2ccc(Cl)cc12. The molecule has 5 nitrogen and oxygen atoms in total. The Morgan fingerprint density at radius 2 is 2.09 bits per heavy atom. The molecule has 0 spiro atoms. The number of H-pyrrole nitrogens is 1. The number of amides is 1. The molecule has 0 atom stereocenters. The molecule has 0 aliphatic carbocycles. The Balaban J connectivity index is 1.84. The van der Waals surface area contributed by atoms with Crippen LogP contribution in [0.3, 0.4) is 0 Å². The van der Waals surface area contributed by atoms with Crippen molar-refractivity contribution in [2.45, 2.75) is 6.92 Å². The van der Waals surface area contributed by atoms with Gasteiger partial charge in [-0.05, 0) is 43.3 Å². The largest absolute Gasteiger partial charge is 0.508 e. The van der Waals surface area contributed by atoms with Gasteiger partial charge in [0.1, 0.15) is 5.75 Å². The van der Waals surface area contributed by atoms with Gasteiger partial charge in [0.25, 0.3) is 5.91 Å². The molecule has 3 N–H and O–H groups in total. The number of phenols is 1. The molecule has 1 aromatic heterocycles. The zero-order valence-corrected chi connectivity index (χ0v) is 13.1. The third-order valence-corrected chi connectivity index (χ3v) is 3.70. The minimum atomic E-state index is -0.391. The highest BCUT2D eigenvalue weighted by molar-refractivity contribution is 6.31. The second-order valence-electron chi connectivity index (χ2n) is 5.08. The number of hydrazone groups is 1. The number of fused-ring (bicyclic) bond motifs is 1. The number of hydrogen-bond acceptors (Lipinski definition) is 3. The number of nitrogens with one attached hydrogen (secondary N) is 2. The van der Waals surface area contributed by atoms with E-state index in [0.29, 0.717) is 16.3 Å². The molecule has 0 aliphatic heterocycles. The molecule has 2 aromatic carbocycles. The van der Waals surface area contributed by atoms with E-state index in [1.54, 1.807) is 25.1 Å². The number of aromatic amines is 1. The van der Waals surface area contributed by atoms with E-state index in [2.05, 4.69) is 15.5 Å². The van der Waals surface area contributed by atoms with Gasteiger partial charge in [-0.25, -0.2) is 5.43 Å². The summed E-state index contributed by atoms with van der Waals surface area (Å²) >= 11 is 6.03. The lowest BCUT2D eigenvalue weighted by molar-refractivity contribution is 0.0954. The van der Waals surface area contributed by atoms with Crippen molar-refractivity contribution in [3.8, 4) is 5.75 Å². The summed E-state index contributed by atoms with van der Waals surface area (Å²) in [5.74, 6) is -0.359. The molecule has 0 aliphatic rings. The number of carbonyl (C=O) groups is 1. The van der Waals surface area contributed by atoms with Crippen LogP contribution in [0.5, 0.6) is 5.75 Å². The van der Waals surface area contributed by atoms with E-state index in [1.165, 1.54) is 12.1 Å². The number of phenolic OH excluding ortho intramolecular Hbond substituents is 1. The van der Waals surface area contributed by atoms with Crippen LogP contribution in [0.2, 0.25) is 5.02 Å². The van der Waals surface area contributed by atoms with Crippen molar-refractivity contribution in [3.63, 3.8) is 0 Å². The van der Waals surface area contributed by atoms with E-state index < -0.39 is 5.91 Å². The number of halogens is 1. The van der Waals surface area contributed by atoms with Gasteiger partial charge < -0.3 is 10.1 Å². The predicted molar refractivity (Wildman–Crippen MR) is 91.1 cm³/mol. The van der Waals surface area contributed by atoms with Gasteiger partial charge >= 0.3 is 0 Å². The normalized spacial score (nSPS) is 11.7. The zero-order chi connectivity index (χ0) is 16.4. The summed E-state index contributed by atoms with van der Waals surface area (Å²) in [6.07, 6.45) is 1.82. The van der Waals surface area contributed by atoms with Gasteiger partial charge in [-0.1, -0.05) is 17.7 Å². The Labute approximate surface area is 137 Å². The summed E-state index contributed by atoms with van der Waals surface area (Å²) in [4.78, 5) is 15.2. The first-order valence-corrected chi connectivity index (χ1v) is 7.33. The Kier molecular flexibility index (Phi) is 4.04. The van der Waals surface area contributed by atoms with Gasteiger partial charge in [-0.2, -0.15) is 5.10 Å². The first-order valence-electron chi connectivity index (χ1n) is 6.95. The molecular formula is C17H14ClN3O2. The highest BCUT2D eigenvalue weighted by atomic mass is 35.5. The lowest BCUT2D eigenvalue weighted by atomic mass is 10.1. The number of rotatable bonds is 3. The van der Waals surface area contributed by atoms with Crippen molar-refractivity contribution in [1.82, 2.24) is 10.4 Å². The summed E-state index contributed by atoms with van der Waals surface area (Å²) in [5, 5.41) is 15.1. The van der Waals surface area contributed by atoms with Crippen molar-refractivity contribution in [3.05, 3.63) is 64.8 Å². The molecule has 1 amide bonds. The fourth-order valence-corrected chi connectivity index (χ4v) is 2.47. The average molecular weight is 328 g/mol. The van der Waals surface area contributed by atoms with Crippen molar-refractivity contribution < 1.29 is 9.90 Å².